The maximum atomic E-state index is 11.9. The first-order valence-corrected chi connectivity index (χ1v) is 6.32. The van der Waals surface area contributed by atoms with Crippen LogP contribution in [-0.4, -0.2) is 27.7 Å². The molecule has 0 atom stereocenters. The van der Waals surface area contributed by atoms with Crippen LogP contribution < -0.4 is 10.1 Å². The molecule has 2 heterocycles. The summed E-state index contributed by atoms with van der Waals surface area (Å²) in [7, 11) is 1.60. The van der Waals surface area contributed by atoms with Crippen LogP contribution in [0.15, 0.2) is 36.9 Å². The Labute approximate surface area is 112 Å². The molecule has 0 radical (unpaired) electrons. The quantitative estimate of drug-likeness (QED) is 0.779. The smallest absolute Gasteiger partial charge is 0.333 e. The minimum atomic E-state index is -0.296. The third kappa shape index (κ3) is 2.15. The lowest BCUT2D eigenvalue weighted by molar-refractivity contribution is 0.253. The van der Waals surface area contributed by atoms with Gasteiger partial charge in [0.25, 0.3) is 0 Å². The second kappa shape index (κ2) is 4.69. The Balaban J connectivity index is 1.92. The number of hydrogen-bond acceptors (Lipinski definition) is 5. The average molecular weight is 274 g/mol. The number of amides is 1. The highest BCUT2D eigenvalue weighted by Gasteiger charge is 2.11. The van der Waals surface area contributed by atoms with E-state index in [2.05, 4.69) is 15.3 Å². The summed E-state index contributed by atoms with van der Waals surface area (Å²) in [5, 5.41) is 3.25. The molecule has 3 rings (SSSR count). The van der Waals surface area contributed by atoms with Gasteiger partial charge in [0.15, 0.2) is 5.13 Å². The number of benzene rings is 1. The summed E-state index contributed by atoms with van der Waals surface area (Å²) in [5.74, 6) is 0.692. The molecule has 7 heteroatoms. The van der Waals surface area contributed by atoms with Gasteiger partial charge in [0, 0.05) is 12.4 Å². The van der Waals surface area contributed by atoms with Gasteiger partial charge in [-0.15, -0.1) is 0 Å². The SMILES string of the molecule is COc1cccc2sc(NC(=O)n3ccnc3)nc12. The highest BCUT2D eigenvalue weighted by molar-refractivity contribution is 7.22. The van der Waals surface area contributed by atoms with E-state index in [9.17, 15) is 4.79 Å². The van der Waals surface area contributed by atoms with E-state index in [0.717, 1.165) is 10.2 Å². The molecule has 1 amide bonds. The van der Waals surface area contributed by atoms with Gasteiger partial charge in [-0.3, -0.25) is 9.88 Å². The van der Waals surface area contributed by atoms with Gasteiger partial charge < -0.3 is 4.74 Å². The fourth-order valence-corrected chi connectivity index (χ4v) is 2.55. The Bertz CT molecular complexity index is 720. The molecule has 0 saturated heterocycles. The number of rotatable bonds is 2. The van der Waals surface area contributed by atoms with Crippen molar-refractivity contribution in [3.63, 3.8) is 0 Å². The van der Waals surface area contributed by atoms with Crippen molar-refractivity contribution in [2.24, 2.45) is 0 Å². The van der Waals surface area contributed by atoms with E-state index in [4.69, 9.17) is 4.74 Å². The minimum absolute atomic E-state index is 0.296. The van der Waals surface area contributed by atoms with Gasteiger partial charge in [-0.05, 0) is 12.1 Å². The predicted octanol–water partition coefficient (Wildman–Crippen LogP) is 2.58. The van der Waals surface area contributed by atoms with Crippen molar-refractivity contribution in [3.05, 3.63) is 36.9 Å². The molecule has 3 aromatic rings. The van der Waals surface area contributed by atoms with E-state index in [0.29, 0.717) is 10.9 Å². The lowest BCUT2D eigenvalue weighted by atomic mass is 10.3. The number of carbonyl (C=O) groups excluding carboxylic acids is 1. The maximum Gasteiger partial charge on any atom is 0.333 e. The van der Waals surface area contributed by atoms with E-state index in [-0.39, 0.29) is 6.03 Å². The number of hydrogen-bond donors (Lipinski definition) is 1. The number of nitrogens with one attached hydrogen (secondary N) is 1. The molecule has 0 spiro atoms. The Morgan fingerprint density at radius 3 is 3.11 bits per heavy atom. The second-order valence-corrected chi connectivity index (χ2v) is 4.76. The van der Waals surface area contributed by atoms with E-state index < -0.39 is 0 Å². The standard InChI is InChI=1S/C12H10N4O2S/c1-18-8-3-2-4-9-10(8)14-11(19-9)15-12(17)16-6-5-13-7-16/h2-7H,1H3,(H,14,15,17). The Morgan fingerprint density at radius 1 is 1.47 bits per heavy atom. The number of thiazole rings is 1. The van der Waals surface area contributed by atoms with Crippen LogP contribution in [0, 0.1) is 0 Å². The molecular weight excluding hydrogens is 264 g/mol. The molecule has 0 unspecified atom stereocenters. The van der Waals surface area contributed by atoms with Crippen LogP contribution in [0.5, 0.6) is 5.75 Å². The summed E-state index contributed by atoms with van der Waals surface area (Å²) in [6.07, 6.45) is 4.55. The van der Waals surface area contributed by atoms with Crippen molar-refractivity contribution in [3.8, 4) is 5.75 Å². The monoisotopic (exact) mass is 274 g/mol. The van der Waals surface area contributed by atoms with Crippen molar-refractivity contribution < 1.29 is 9.53 Å². The molecule has 0 fully saturated rings. The molecule has 1 aromatic carbocycles. The van der Waals surface area contributed by atoms with Gasteiger partial charge in [0.2, 0.25) is 0 Å². The molecule has 1 N–H and O–H groups in total. The van der Waals surface area contributed by atoms with Crippen molar-refractivity contribution in [2.45, 2.75) is 0 Å². The highest BCUT2D eigenvalue weighted by atomic mass is 32.1. The number of imidazole rings is 1. The average Bonchev–Trinajstić information content (AvgIpc) is 3.06. The molecular formula is C12H10N4O2S. The van der Waals surface area contributed by atoms with Crippen LogP contribution in [0.25, 0.3) is 10.2 Å². The zero-order valence-electron chi connectivity index (χ0n) is 10.0. The summed E-state index contributed by atoms with van der Waals surface area (Å²) < 4.78 is 7.54. The fraction of sp³-hybridized carbons (Fsp3) is 0.0833. The number of nitrogens with zero attached hydrogens (tertiary/aromatic N) is 3. The molecule has 96 valence electrons. The van der Waals surface area contributed by atoms with Gasteiger partial charge in [0.1, 0.15) is 17.6 Å². The lowest BCUT2D eigenvalue weighted by Gasteiger charge is -2.00. The second-order valence-electron chi connectivity index (χ2n) is 3.73. The van der Waals surface area contributed by atoms with E-state index >= 15 is 0 Å². The van der Waals surface area contributed by atoms with Crippen LogP contribution in [0.1, 0.15) is 0 Å². The minimum Gasteiger partial charge on any atom is -0.494 e. The van der Waals surface area contributed by atoms with Crippen LogP contribution in [0.3, 0.4) is 0 Å². The Morgan fingerprint density at radius 2 is 2.37 bits per heavy atom. The van der Waals surface area contributed by atoms with Gasteiger partial charge in [-0.2, -0.15) is 0 Å². The highest BCUT2D eigenvalue weighted by Crippen LogP contribution is 2.31. The van der Waals surface area contributed by atoms with Crippen LogP contribution >= 0.6 is 11.3 Å². The van der Waals surface area contributed by atoms with Gasteiger partial charge in [-0.25, -0.2) is 14.8 Å². The summed E-state index contributed by atoms with van der Waals surface area (Å²) in [4.78, 5) is 20.0. The zero-order valence-corrected chi connectivity index (χ0v) is 10.8. The van der Waals surface area contributed by atoms with E-state index in [1.807, 2.05) is 18.2 Å². The third-order valence-electron chi connectivity index (χ3n) is 2.55. The van der Waals surface area contributed by atoms with Crippen molar-refractivity contribution in [1.29, 1.82) is 0 Å². The van der Waals surface area contributed by atoms with Crippen molar-refractivity contribution in [2.75, 3.05) is 12.4 Å². The predicted molar refractivity (Wildman–Crippen MR) is 72.8 cm³/mol. The summed E-state index contributed by atoms with van der Waals surface area (Å²) >= 11 is 1.40. The van der Waals surface area contributed by atoms with E-state index in [1.54, 1.807) is 19.5 Å². The lowest BCUT2D eigenvalue weighted by Crippen LogP contribution is -2.17. The number of methoxy groups -OCH3 is 1. The maximum absolute atomic E-state index is 11.9. The molecule has 0 aliphatic carbocycles. The number of ether oxygens (including phenoxy) is 1. The zero-order chi connectivity index (χ0) is 13.2. The number of fused-ring (bicyclic) bond motifs is 1. The largest absolute Gasteiger partial charge is 0.494 e. The summed E-state index contributed by atoms with van der Waals surface area (Å²) in [6, 6.07) is 5.36. The van der Waals surface area contributed by atoms with Crippen molar-refractivity contribution >= 4 is 32.7 Å². The van der Waals surface area contributed by atoms with Crippen molar-refractivity contribution in [1.82, 2.24) is 14.5 Å². The Kier molecular flexibility index (Phi) is 2.88. The first-order chi connectivity index (χ1) is 9.28. The first kappa shape index (κ1) is 11.7. The summed E-state index contributed by atoms with van der Waals surface area (Å²) in [6.45, 7) is 0. The third-order valence-corrected chi connectivity index (χ3v) is 3.49. The molecule has 2 aromatic heterocycles. The normalized spacial score (nSPS) is 10.6. The topological polar surface area (TPSA) is 69.0 Å². The van der Waals surface area contributed by atoms with Crippen LogP contribution in [0.4, 0.5) is 9.93 Å². The number of anilines is 1. The van der Waals surface area contributed by atoms with Crippen LogP contribution in [-0.2, 0) is 0 Å². The number of para-hydroxylation sites is 1. The summed E-state index contributed by atoms with van der Waals surface area (Å²) in [5.41, 5.74) is 0.746. The van der Waals surface area contributed by atoms with Gasteiger partial charge in [0.05, 0.1) is 11.8 Å². The molecule has 6 nitrogen and oxygen atoms in total. The van der Waals surface area contributed by atoms with E-state index in [1.165, 1.54) is 22.2 Å². The number of aromatic nitrogens is 3. The molecule has 0 saturated carbocycles. The molecule has 0 bridgehead atoms. The number of carbonyl (C=O) groups is 1. The van der Waals surface area contributed by atoms with Gasteiger partial charge >= 0.3 is 6.03 Å². The Hall–Kier alpha value is -2.41. The molecule has 0 aliphatic rings. The molecule has 0 aliphatic heterocycles. The fourth-order valence-electron chi connectivity index (χ4n) is 1.68. The molecule has 19 heavy (non-hydrogen) atoms. The van der Waals surface area contributed by atoms with Crippen LogP contribution in [0.2, 0.25) is 0 Å². The first-order valence-electron chi connectivity index (χ1n) is 5.51. The van der Waals surface area contributed by atoms with Gasteiger partial charge in [-0.1, -0.05) is 17.4 Å².